The molecule has 3 rings (SSSR count). The van der Waals surface area contributed by atoms with E-state index in [1.807, 2.05) is 0 Å². The van der Waals surface area contributed by atoms with Crippen LogP contribution in [0.1, 0.15) is 146 Å². The van der Waals surface area contributed by atoms with Gasteiger partial charge in [-0.15, -0.1) is 0 Å². The second kappa shape index (κ2) is 15.4. The van der Waals surface area contributed by atoms with E-state index in [2.05, 4.69) is 56.3 Å². The minimum Gasteiger partial charge on any atom is -0.0654 e. The largest absolute Gasteiger partial charge is 0.0654 e. The Labute approximate surface area is 205 Å². The molecule has 33 heavy (non-hydrogen) atoms. The van der Waals surface area contributed by atoms with Crippen LogP contribution in [-0.2, 0) is 6.42 Å². The standard InChI is InChI=1S/C33H50/c1-3-5-7-9-11-13-15-17-22-28-23-21-27-32-30-25-20-19-24-29(30)31(33(28)32)26-18-16-14-12-10-8-6-4-2/h19-21,23-25,27,31H,3-18,22,26H2,1-2H3. The summed E-state index contributed by atoms with van der Waals surface area (Å²) in [5, 5.41) is 0. The van der Waals surface area contributed by atoms with Crippen LogP contribution >= 0.6 is 0 Å². The van der Waals surface area contributed by atoms with Crippen molar-refractivity contribution in [2.24, 2.45) is 0 Å². The van der Waals surface area contributed by atoms with Crippen LogP contribution in [0.5, 0.6) is 0 Å². The van der Waals surface area contributed by atoms with Gasteiger partial charge in [0.1, 0.15) is 0 Å². The second-order valence-corrected chi connectivity index (χ2v) is 10.5. The second-order valence-electron chi connectivity index (χ2n) is 10.5. The predicted octanol–water partition coefficient (Wildman–Crippen LogP) is 11.0. The van der Waals surface area contributed by atoms with Gasteiger partial charge in [-0.3, -0.25) is 0 Å². The molecule has 1 aliphatic rings. The van der Waals surface area contributed by atoms with Crippen LogP contribution in [0.25, 0.3) is 11.1 Å². The summed E-state index contributed by atoms with van der Waals surface area (Å²) in [7, 11) is 0. The molecule has 0 aliphatic heterocycles. The fourth-order valence-corrected chi connectivity index (χ4v) is 5.91. The minimum atomic E-state index is 0.626. The number of benzene rings is 2. The van der Waals surface area contributed by atoms with Crippen LogP contribution in [0.2, 0.25) is 0 Å². The Kier molecular flexibility index (Phi) is 12.1. The van der Waals surface area contributed by atoms with Gasteiger partial charge in [0.05, 0.1) is 0 Å². The molecule has 182 valence electrons. The molecule has 1 atom stereocenters. The van der Waals surface area contributed by atoms with Gasteiger partial charge in [0.25, 0.3) is 0 Å². The first kappa shape index (κ1) is 26.1. The fourth-order valence-electron chi connectivity index (χ4n) is 5.91. The third-order valence-corrected chi connectivity index (χ3v) is 7.82. The van der Waals surface area contributed by atoms with Crippen molar-refractivity contribution in [3.05, 3.63) is 59.2 Å². The van der Waals surface area contributed by atoms with Gasteiger partial charge in [0.2, 0.25) is 0 Å². The maximum atomic E-state index is 2.44. The molecule has 2 aromatic rings. The molecular formula is C33H50. The average molecular weight is 447 g/mol. The van der Waals surface area contributed by atoms with E-state index in [1.165, 1.54) is 127 Å². The summed E-state index contributed by atoms with van der Waals surface area (Å²) in [5.74, 6) is 0.626. The number of aryl methyl sites for hydroxylation is 1. The number of hydrogen-bond donors (Lipinski definition) is 0. The normalized spacial score (nSPS) is 14.4. The van der Waals surface area contributed by atoms with Crippen LogP contribution in [-0.4, -0.2) is 0 Å². The molecule has 0 N–H and O–H groups in total. The lowest BCUT2D eigenvalue weighted by molar-refractivity contribution is 0.551. The molecule has 2 aromatic carbocycles. The van der Waals surface area contributed by atoms with E-state index in [1.54, 1.807) is 16.7 Å². The van der Waals surface area contributed by atoms with E-state index < -0.39 is 0 Å². The van der Waals surface area contributed by atoms with Gasteiger partial charge in [-0.25, -0.2) is 0 Å². The number of unbranched alkanes of at least 4 members (excludes halogenated alkanes) is 14. The lowest BCUT2D eigenvalue weighted by atomic mass is 9.87. The van der Waals surface area contributed by atoms with Crippen molar-refractivity contribution >= 4 is 0 Å². The number of fused-ring (bicyclic) bond motifs is 3. The molecule has 0 nitrogen and oxygen atoms in total. The van der Waals surface area contributed by atoms with E-state index in [-0.39, 0.29) is 0 Å². The first-order valence-electron chi connectivity index (χ1n) is 14.6. The fraction of sp³-hybridized carbons (Fsp3) is 0.636. The molecule has 0 saturated heterocycles. The van der Waals surface area contributed by atoms with Gasteiger partial charge < -0.3 is 0 Å². The van der Waals surface area contributed by atoms with E-state index in [4.69, 9.17) is 0 Å². The molecule has 0 heteroatoms. The molecule has 1 unspecified atom stereocenters. The Bertz CT molecular complexity index is 786. The van der Waals surface area contributed by atoms with Crippen molar-refractivity contribution in [1.29, 1.82) is 0 Å². The summed E-state index contributed by atoms with van der Waals surface area (Å²) in [5.41, 5.74) is 7.96. The van der Waals surface area contributed by atoms with Gasteiger partial charge in [-0.1, -0.05) is 153 Å². The van der Waals surface area contributed by atoms with Crippen molar-refractivity contribution in [3.63, 3.8) is 0 Å². The highest BCUT2D eigenvalue weighted by Crippen LogP contribution is 2.48. The summed E-state index contributed by atoms with van der Waals surface area (Å²) >= 11 is 0. The molecule has 0 radical (unpaired) electrons. The molecule has 0 fully saturated rings. The predicted molar refractivity (Wildman–Crippen MR) is 147 cm³/mol. The van der Waals surface area contributed by atoms with E-state index >= 15 is 0 Å². The molecular weight excluding hydrogens is 396 g/mol. The van der Waals surface area contributed by atoms with Crippen molar-refractivity contribution in [2.75, 3.05) is 0 Å². The van der Waals surface area contributed by atoms with Crippen molar-refractivity contribution in [2.45, 2.75) is 135 Å². The SMILES string of the molecule is CCCCCCCCCCc1cccc2c1C(CCCCCCCCCC)c1ccccc1-2. The van der Waals surface area contributed by atoms with Gasteiger partial charge in [-0.05, 0) is 47.1 Å². The van der Waals surface area contributed by atoms with Crippen LogP contribution in [0.4, 0.5) is 0 Å². The van der Waals surface area contributed by atoms with Crippen LogP contribution in [0.15, 0.2) is 42.5 Å². The van der Waals surface area contributed by atoms with Gasteiger partial charge in [0, 0.05) is 5.92 Å². The molecule has 0 heterocycles. The van der Waals surface area contributed by atoms with E-state index in [9.17, 15) is 0 Å². The number of rotatable bonds is 18. The smallest absolute Gasteiger partial charge is 0.0104 e. The third-order valence-electron chi connectivity index (χ3n) is 7.82. The molecule has 0 aromatic heterocycles. The Balaban J connectivity index is 1.53. The average Bonchev–Trinajstić information content (AvgIpc) is 3.17. The highest BCUT2D eigenvalue weighted by Gasteiger charge is 2.29. The summed E-state index contributed by atoms with van der Waals surface area (Å²) in [6.45, 7) is 4.61. The summed E-state index contributed by atoms with van der Waals surface area (Å²) in [6.07, 6.45) is 25.1. The van der Waals surface area contributed by atoms with E-state index in [0.717, 1.165) is 0 Å². The Hall–Kier alpha value is -1.56. The first-order chi connectivity index (χ1) is 16.4. The summed E-state index contributed by atoms with van der Waals surface area (Å²) < 4.78 is 0. The highest BCUT2D eigenvalue weighted by molar-refractivity contribution is 5.80. The summed E-state index contributed by atoms with van der Waals surface area (Å²) in [6, 6.07) is 16.4. The minimum absolute atomic E-state index is 0.626. The lowest BCUT2D eigenvalue weighted by Crippen LogP contribution is -2.02. The zero-order valence-corrected chi connectivity index (χ0v) is 21.8. The Morgan fingerprint density at radius 1 is 0.515 bits per heavy atom. The van der Waals surface area contributed by atoms with Gasteiger partial charge in [0.15, 0.2) is 0 Å². The Morgan fingerprint density at radius 2 is 1.06 bits per heavy atom. The Morgan fingerprint density at radius 3 is 1.73 bits per heavy atom. The monoisotopic (exact) mass is 446 g/mol. The maximum Gasteiger partial charge on any atom is 0.0104 e. The molecule has 1 aliphatic carbocycles. The zero-order chi connectivity index (χ0) is 23.1. The van der Waals surface area contributed by atoms with Crippen LogP contribution < -0.4 is 0 Å². The highest BCUT2D eigenvalue weighted by atomic mass is 14.3. The molecule has 0 amide bonds. The number of hydrogen-bond acceptors (Lipinski definition) is 0. The lowest BCUT2D eigenvalue weighted by Gasteiger charge is -2.17. The van der Waals surface area contributed by atoms with Gasteiger partial charge in [-0.2, -0.15) is 0 Å². The third kappa shape index (κ3) is 8.01. The van der Waals surface area contributed by atoms with Crippen molar-refractivity contribution < 1.29 is 0 Å². The zero-order valence-electron chi connectivity index (χ0n) is 21.8. The summed E-state index contributed by atoms with van der Waals surface area (Å²) in [4.78, 5) is 0. The molecule has 0 spiro atoms. The van der Waals surface area contributed by atoms with E-state index in [0.29, 0.717) is 5.92 Å². The van der Waals surface area contributed by atoms with Crippen LogP contribution in [0, 0.1) is 0 Å². The van der Waals surface area contributed by atoms with Gasteiger partial charge >= 0.3 is 0 Å². The van der Waals surface area contributed by atoms with Crippen LogP contribution in [0.3, 0.4) is 0 Å². The topological polar surface area (TPSA) is 0 Å². The van der Waals surface area contributed by atoms with Crippen molar-refractivity contribution in [1.82, 2.24) is 0 Å². The molecule has 0 bridgehead atoms. The maximum absolute atomic E-state index is 2.44. The quantitative estimate of drug-likeness (QED) is 0.200. The first-order valence-corrected chi connectivity index (χ1v) is 14.6. The molecule has 0 saturated carbocycles. The van der Waals surface area contributed by atoms with Crippen molar-refractivity contribution in [3.8, 4) is 11.1 Å².